The Balaban J connectivity index is 1.78. The van der Waals surface area contributed by atoms with Crippen LogP contribution in [-0.4, -0.2) is 18.2 Å². The minimum atomic E-state index is -0.209. The molecule has 0 aliphatic rings. The SMILES string of the molecule is COC(=O)Cc1ccc(CNCc2cc(C)on2)s1. The number of carbonyl (C=O) groups is 1. The third kappa shape index (κ3) is 4.18. The quantitative estimate of drug-likeness (QED) is 0.820. The van der Waals surface area contributed by atoms with E-state index in [4.69, 9.17) is 4.52 Å². The molecule has 19 heavy (non-hydrogen) atoms. The van der Waals surface area contributed by atoms with Gasteiger partial charge in [-0.15, -0.1) is 11.3 Å². The predicted molar refractivity (Wildman–Crippen MR) is 71.8 cm³/mol. The fourth-order valence-electron chi connectivity index (χ4n) is 1.64. The van der Waals surface area contributed by atoms with E-state index in [0.717, 1.165) is 22.9 Å². The van der Waals surface area contributed by atoms with Gasteiger partial charge < -0.3 is 14.6 Å². The number of nitrogens with one attached hydrogen (secondary N) is 1. The molecule has 0 radical (unpaired) electrons. The Morgan fingerprint density at radius 1 is 1.42 bits per heavy atom. The van der Waals surface area contributed by atoms with Crippen LogP contribution >= 0.6 is 11.3 Å². The zero-order chi connectivity index (χ0) is 13.7. The second kappa shape index (κ2) is 6.49. The molecule has 1 N–H and O–H groups in total. The highest BCUT2D eigenvalue weighted by Gasteiger charge is 2.06. The summed E-state index contributed by atoms with van der Waals surface area (Å²) in [6.07, 6.45) is 0.337. The molecule has 0 amide bonds. The summed E-state index contributed by atoms with van der Waals surface area (Å²) in [5.41, 5.74) is 0.892. The summed E-state index contributed by atoms with van der Waals surface area (Å²) >= 11 is 1.61. The molecule has 0 aliphatic carbocycles. The Bertz CT molecular complexity index is 548. The molecule has 2 aromatic rings. The van der Waals surface area contributed by atoms with Crippen molar-refractivity contribution >= 4 is 17.3 Å². The number of thiophene rings is 1. The molecule has 0 unspecified atom stereocenters. The van der Waals surface area contributed by atoms with Gasteiger partial charge in [-0.2, -0.15) is 0 Å². The number of ether oxygens (including phenoxy) is 1. The van der Waals surface area contributed by atoms with E-state index >= 15 is 0 Å². The van der Waals surface area contributed by atoms with Gasteiger partial charge in [-0.3, -0.25) is 4.79 Å². The van der Waals surface area contributed by atoms with Gasteiger partial charge in [-0.25, -0.2) is 0 Å². The molecule has 2 rings (SSSR count). The van der Waals surface area contributed by atoms with Crippen molar-refractivity contribution in [1.29, 1.82) is 0 Å². The van der Waals surface area contributed by atoms with Crippen LogP contribution in [0, 0.1) is 6.92 Å². The molecular weight excluding hydrogens is 264 g/mol. The lowest BCUT2D eigenvalue weighted by Crippen LogP contribution is -2.11. The van der Waals surface area contributed by atoms with Crippen LogP contribution in [0.15, 0.2) is 22.7 Å². The van der Waals surface area contributed by atoms with Crippen LogP contribution in [-0.2, 0) is 29.0 Å². The standard InChI is InChI=1S/C13H16N2O3S/c1-9-5-10(15-18-9)7-14-8-12-4-3-11(19-12)6-13(16)17-2/h3-5,14H,6-8H2,1-2H3. The molecule has 5 nitrogen and oxygen atoms in total. The van der Waals surface area contributed by atoms with Crippen molar-refractivity contribution in [2.45, 2.75) is 26.4 Å². The summed E-state index contributed by atoms with van der Waals surface area (Å²) in [6.45, 7) is 3.29. The average molecular weight is 280 g/mol. The van der Waals surface area contributed by atoms with Gasteiger partial charge in [-0.05, 0) is 19.1 Å². The predicted octanol–water partition coefficient (Wildman–Crippen LogP) is 2.05. The highest BCUT2D eigenvalue weighted by molar-refractivity contribution is 7.12. The Hall–Kier alpha value is -1.66. The summed E-state index contributed by atoms with van der Waals surface area (Å²) in [4.78, 5) is 13.3. The van der Waals surface area contributed by atoms with Gasteiger partial charge in [0.05, 0.1) is 19.2 Å². The number of hydrogen-bond donors (Lipinski definition) is 1. The highest BCUT2D eigenvalue weighted by atomic mass is 32.1. The molecule has 0 spiro atoms. The summed E-state index contributed by atoms with van der Waals surface area (Å²) in [5, 5.41) is 7.19. The third-order valence-electron chi connectivity index (χ3n) is 2.55. The Labute approximate surface area is 115 Å². The van der Waals surface area contributed by atoms with Gasteiger partial charge in [0.1, 0.15) is 5.76 Å². The monoisotopic (exact) mass is 280 g/mol. The van der Waals surface area contributed by atoms with Crippen molar-refractivity contribution < 1.29 is 14.1 Å². The van der Waals surface area contributed by atoms with Crippen LogP contribution in [0.2, 0.25) is 0 Å². The van der Waals surface area contributed by atoms with Crippen molar-refractivity contribution in [3.05, 3.63) is 39.4 Å². The summed E-state index contributed by atoms with van der Waals surface area (Å²) < 4.78 is 9.63. The van der Waals surface area contributed by atoms with E-state index < -0.39 is 0 Å². The molecule has 0 aliphatic heterocycles. The maximum atomic E-state index is 11.1. The molecule has 0 saturated heterocycles. The largest absolute Gasteiger partial charge is 0.469 e. The van der Waals surface area contributed by atoms with E-state index in [9.17, 15) is 4.79 Å². The molecule has 102 valence electrons. The highest BCUT2D eigenvalue weighted by Crippen LogP contribution is 2.17. The maximum Gasteiger partial charge on any atom is 0.310 e. The number of esters is 1. The molecule has 0 fully saturated rings. The Kier molecular flexibility index (Phi) is 4.70. The second-order valence-electron chi connectivity index (χ2n) is 4.15. The van der Waals surface area contributed by atoms with Gasteiger partial charge in [0.25, 0.3) is 0 Å². The van der Waals surface area contributed by atoms with E-state index in [1.807, 2.05) is 25.1 Å². The fraction of sp³-hybridized carbons (Fsp3) is 0.385. The number of nitrogens with zero attached hydrogens (tertiary/aromatic N) is 1. The van der Waals surface area contributed by atoms with Crippen molar-refractivity contribution in [3.63, 3.8) is 0 Å². The normalized spacial score (nSPS) is 10.6. The topological polar surface area (TPSA) is 64.4 Å². The number of methoxy groups -OCH3 is 1. The molecule has 6 heteroatoms. The van der Waals surface area contributed by atoms with Gasteiger partial charge in [0, 0.05) is 28.9 Å². The van der Waals surface area contributed by atoms with Gasteiger partial charge in [-0.1, -0.05) is 5.16 Å². The van der Waals surface area contributed by atoms with Gasteiger partial charge in [0.2, 0.25) is 0 Å². The lowest BCUT2D eigenvalue weighted by Gasteiger charge is -1.99. The average Bonchev–Trinajstić information content (AvgIpc) is 2.99. The van der Waals surface area contributed by atoms with Crippen LogP contribution < -0.4 is 5.32 Å². The van der Waals surface area contributed by atoms with E-state index in [0.29, 0.717) is 13.0 Å². The minimum absolute atomic E-state index is 0.209. The molecule has 2 aromatic heterocycles. The van der Waals surface area contributed by atoms with E-state index in [1.165, 1.54) is 12.0 Å². The molecule has 0 bridgehead atoms. The van der Waals surface area contributed by atoms with Gasteiger partial charge in [0.15, 0.2) is 0 Å². The Morgan fingerprint density at radius 2 is 2.21 bits per heavy atom. The van der Waals surface area contributed by atoms with Crippen LogP contribution in [0.4, 0.5) is 0 Å². The van der Waals surface area contributed by atoms with Crippen LogP contribution in [0.3, 0.4) is 0 Å². The van der Waals surface area contributed by atoms with Crippen LogP contribution in [0.1, 0.15) is 21.2 Å². The van der Waals surface area contributed by atoms with Crippen LogP contribution in [0.25, 0.3) is 0 Å². The number of carbonyl (C=O) groups excluding carboxylic acids is 1. The van der Waals surface area contributed by atoms with Crippen molar-refractivity contribution in [3.8, 4) is 0 Å². The second-order valence-corrected chi connectivity index (χ2v) is 5.41. The first kappa shape index (κ1) is 13.8. The molecule has 2 heterocycles. The van der Waals surface area contributed by atoms with Crippen molar-refractivity contribution in [2.75, 3.05) is 7.11 Å². The smallest absolute Gasteiger partial charge is 0.310 e. The molecule has 0 atom stereocenters. The zero-order valence-corrected chi connectivity index (χ0v) is 11.8. The first-order valence-electron chi connectivity index (χ1n) is 5.94. The van der Waals surface area contributed by atoms with Crippen LogP contribution in [0.5, 0.6) is 0 Å². The van der Waals surface area contributed by atoms with E-state index in [2.05, 4.69) is 15.2 Å². The number of aromatic nitrogens is 1. The summed E-state index contributed by atoms with van der Waals surface area (Å²) in [5.74, 6) is 0.604. The number of aryl methyl sites for hydroxylation is 1. The third-order valence-corrected chi connectivity index (χ3v) is 3.63. The first-order valence-corrected chi connectivity index (χ1v) is 6.76. The van der Waals surface area contributed by atoms with Crippen molar-refractivity contribution in [2.24, 2.45) is 0 Å². The van der Waals surface area contributed by atoms with Gasteiger partial charge >= 0.3 is 5.97 Å². The van der Waals surface area contributed by atoms with E-state index in [1.54, 1.807) is 11.3 Å². The van der Waals surface area contributed by atoms with E-state index in [-0.39, 0.29) is 5.97 Å². The van der Waals surface area contributed by atoms with Crippen molar-refractivity contribution in [1.82, 2.24) is 10.5 Å². The molecular formula is C13H16N2O3S. The lowest BCUT2D eigenvalue weighted by atomic mass is 10.3. The maximum absolute atomic E-state index is 11.1. The first-order chi connectivity index (χ1) is 9.17. The Morgan fingerprint density at radius 3 is 2.89 bits per heavy atom. The summed E-state index contributed by atoms with van der Waals surface area (Å²) in [6, 6.07) is 5.88. The zero-order valence-electron chi connectivity index (χ0n) is 10.9. The number of rotatable bonds is 6. The molecule has 0 saturated carbocycles. The molecule has 0 aromatic carbocycles. The lowest BCUT2D eigenvalue weighted by molar-refractivity contribution is -0.139. The number of hydrogen-bond acceptors (Lipinski definition) is 6. The summed E-state index contributed by atoms with van der Waals surface area (Å²) in [7, 11) is 1.40. The minimum Gasteiger partial charge on any atom is -0.469 e. The fourth-order valence-corrected chi connectivity index (χ4v) is 2.61.